The van der Waals surface area contributed by atoms with Crippen LogP contribution in [0.1, 0.15) is 54.0 Å². The van der Waals surface area contributed by atoms with Crippen LogP contribution >= 0.6 is 23.1 Å². The standard InChI is InChI=1S/C23H27N5O3S2/c1-3-28(4-2)23-27-21(31)18(33-23)13-19(29)24-15-9-7-8-14(12-15)20(30)26-22-25-16-10-5-6-11-17(16)32-22/h7-9,12,18H,3-6,10-11,13H2,1-2H3,(H,24,29)(H,25,26,30)/t18-/m1/s1. The Morgan fingerprint density at radius 2 is 1.94 bits per heavy atom. The summed E-state index contributed by atoms with van der Waals surface area (Å²) in [6.07, 6.45) is 4.32. The van der Waals surface area contributed by atoms with Gasteiger partial charge in [-0.3, -0.25) is 19.7 Å². The number of thiazole rings is 1. The zero-order valence-electron chi connectivity index (χ0n) is 18.7. The largest absolute Gasteiger partial charge is 0.352 e. The molecule has 1 atom stereocenters. The van der Waals surface area contributed by atoms with Gasteiger partial charge in [-0.1, -0.05) is 17.8 Å². The number of fused-ring (bicyclic) bond motifs is 1. The smallest absolute Gasteiger partial charge is 0.262 e. The van der Waals surface area contributed by atoms with E-state index in [1.165, 1.54) is 28.0 Å². The number of aromatic nitrogens is 1. The quantitative estimate of drug-likeness (QED) is 0.616. The number of aryl methyl sites for hydroxylation is 2. The van der Waals surface area contributed by atoms with Gasteiger partial charge in [0.25, 0.3) is 11.8 Å². The minimum absolute atomic E-state index is 0.0266. The molecule has 1 aromatic carbocycles. The molecule has 0 saturated heterocycles. The number of hydrogen-bond donors (Lipinski definition) is 2. The molecule has 10 heteroatoms. The van der Waals surface area contributed by atoms with E-state index in [4.69, 9.17) is 0 Å². The van der Waals surface area contributed by atoms with Gasteiger partial charge in [0, 0.05) is 35.6 Å². The summed E-state index contributed by atoms with van der Waals surface area (Å²) >= 11 is 2.87. The molecule has 2 aliphatic rings. The van der Waals surface area contributed by atoms with Gasteiger partial charge in [0.2, 0.25) is 5.91 Å². The number of anilines is 2. The van der Waals surface area contributed by atoms with Gasteiger partial charge in [-0.05, 0) is 57.7 Å². The van der Waals surface area contributed by atoms with E-state index in [1.54, 1.807) is 24.3 Å². The first-order valence-electron chi connectivity index (χ1n) is 11.2. The number of thioether (sulfide) groups is 1. The van der Waals surface area contributed by atoms with Crippen molar-refractivity contribution in [1.29, 1.82) is 0 Å². The minimum Gasteiger partial charge on any atom is -0.352 e. The molecule has 0 bridgehead atoms. The topological polar surface area (TPSA) is 104 Å². The Morgan fingerprint density at radius 3 is 2.70 bits per heavy atom. The zero-order valence-corrected chi connectivity index (χ0v) is 20.4. The van der Waals surface area contributed by atoms with Gasteiger partial charge >= 0.3 is 0 Å². The van der Waals surface area contributed by atoms with Crippen molar-refractivity contribution < 1.29 is 14.4 Å². The Hall–Kier alpha value is -2.72. The number of amides is 3. The van der Waals surface area contributed by atoms with Crippen LogP contribution in [0.3, 0.4) is 0 Å². The third kappa shape index (κ3) is 5.62. The summed E-state index contributed by atoms with van der Waals surface area (Å²) in [6.45, 7) is 5.52. The summed E-state index contributed by atoms with van der Waals surface area (Å²) in [5.41, 5.74) is 2.03. The molecule has 174 valence electrons. The molecule has 0 unspecified atom stereocenters. The lowest BCUT2D eigenvalue weighted by atomic mass is 10.0. The van der Waals surface area contributed by atoms with Crippen LogP contribution in [0, 0.1) is 0 Å². The highest BCUT2D eigenvalue weighted by atomic mass is 32.2. The van der Waals surface area contributed by atoms with Gasteiger partial charge < -0.3 is 10.2 Å². The molecule has 2 heterocycles. The number of carbonyl (C=O) groups excluding carboxylic acids is 3. The summed E-state index contributed by atoms with van der Waals surface area (Å²) in [4.78, 5) is 49.4. The third-order valence-corrected chi connectivity index (χ3v) is 7.89. The molecule has 2 N–H and O–H groups in total. The SMILES string of the molecule is CCN(CC)C1=NC(=O)[C@@H](CC(=O)Nc2cccc(C(=O)Nc3nc4c(s3)CCCC4)c2)S1. The van der Waals surface area contributed by atoms with Gasteiger partial charge in [0.15, 0.2) is 10.3 Å². The van der Waals surface area contributed by atoms with Crippen molar-refractivity contribution in [1.82, 2.24) is 9.88 Å². The highest BCUT2D eigenvalue weighted by Crippen LogP contribution is 2.30. The first-order valence-corrected chi connectivity index (χ1v) is 12.9. The number of hydrogen-bond acceptors (Lipinski definition) is 7. The first kappa shape index (κ1) is 23.4. The highest BCUT2D eigenvalue weighted by molar-refractivity contribution is 8.15. The Balaban J connectivity index is 1.34. The lowest BCUT2D eigenvalue weighted by Crippen LogP contribution is -2.27. The van der Waals surface area contributed by atoms with Crippen molar-refractivity contribution in [2.24, 2.45) is 4.99 Å². The number of carbonyl (C=O) groups is 3. The molecule has 1 aliphatic carbocycles. The van der Waals surface area contributed by atoms with Crippen molar-refractivity contribution >= 4 is 56.8 Å². The van der Waals surface area contributed by atoms with Crippen molar-refractivity contribution in [3.63, 3.8) is 0 Å². The normalized spacial score (nSPS) is 17.3. The molecule has 1 aromatic heterocycles. The van der Waals surface area contributed by atoms with Gasteiger partial charge in [-0.25, -0.2) is 4.98 Å². The van der Waals surface area contributed by atoms with E-state index in [-0.39, 0.29) is 24.1 Å². The zero-order chi connectivity index (χ0) is 23.4. The fourth-order valence-corrected chi connectivity index (χ4v) is 6.07. The second-order valence-corrected chi connectivity index (χ2v) is 10.1. The van der Waals surface area contributed by atoms with Crippen LogP contribution in [0.2, 0.25) is 0 Å². The maximum absolute atomic E-state index is 12.7. The van der Waals surface area contributed by atoms with E-state index in [1.807, 2.05) is 18.7 Å². The molecule has 0 radical (unpaired) electrons. The predicted molar refractivity (Wildman–Crippen MR) is 133 cm³/mol. The number of rotatable bonds is 7. The number of benzene rings is 1. The summed E-state index contributed by atoms with van der Waals surface area (Å²) in [7, 11) is 0. The van der Waals surface area contributed by atoms with Crippen LogP contribution in [0.5, 0.6) is 0 Å². The minimum atomic E-state index is -0.525. The molecule has 3 amide bonds. The average molecular weight is 486 g/mol. The van der Waals surface area contributed by atoms with E-state index in [0.717, 1.165) is 44.5 Å². The molecule has 4 rings (SSSR count). The van der Waals surface area contributed by atoms with E-state index in [0.29, 0.717) is 21.6 Å². The van der Waals surface area contributed by atoms with Crippen LogP contribution < -0.4 is 10.6 Å². The van der Waals surface area contributed by atoms with E-state index >= 15 is 0 Å². The summed E-state index contributed by atoms with van der Waals surface area (Å²) in [5, 5.41) is 6.43. The first-order chi connectivity index (χ1) is 16.0. The second-order valence-electron chi connectivity index (χ2n) is 7.89. The van der Waals surface area contributed by atoms with E-state index in [9.17, 15) is 14.4 Å². The Morgan fingerprint density at radius 1 is 1.15 bits per heavy atom. The molecule has 1 aliphatic heterocycles. The molecular formula is C23H27N5O3S2. The molecule has 0 spiro atoms. The van der Waals surface area contributed by atoms with Crippen LogP contribution in [0.4, 0.5) is 10.8 Å². The predicted octanol–water partition coefficient (Wildman–Crippen LogP) is 3.94. The average Bonchev–Trinajstić information content (AvgIpc) is 3.37. The molecule has 33 heavy (non-hydrogen) atoms. The van der Waals surface area contributed by atoms with Crippen molar-refractivity contribution in [3.05, 3.63) is 40.4 Å². The monoisotopic (exact) mass is 485 g/mol. The van der Waals surface area contributed by atoms with Crippen LogP contribution in [-0.2, 0) is 22.4 Å². The summed E-state index contributed by atoms with van der Waals surface area (Å²) in [5.74, 6) is -0.839. The number of aliphatic imine (C=N–C) groups is 1. The van der Waals surface area contributed by atoms with E-state index < -0.39 is 5.25 Å². The molecule has 8 nitrogen and oxygen atoms in total. The van der Waals surface area contributed by atoms with Gasteiger partial charge in [0.05, 0.1) is 5.69 Å². The number of nitrogens with one attached hydrogen (secondary N) is 2. The van der Waals surface area contributed by atoms with Gasteiger partial charge in [-0.2, -0.15) is 4.99 Å². The lowest BCUT2D eigenvalue weighted by molar-refractivity contribution is -0.121. The Kier molecular flexibility index (Phi) is 7.44. The molecule has 2 aromatic rings. The summed E-state index contributed by atoms with van der Waals surface area (Å²) in [6, 6.07) is 6.76. The fraction of sp³-hybridized carbons (Fsp3) is 0.435. The molecular weight excluding hydrogens is 458 g/mol. The summed E-state index contributed by atoms with van der Waals surface area (Å²) < 4.78 is 0. The van der Waals surface area contributed by atoms with E-state index in [2.05, 4.69) is 20.6 Å². The van der Waals surface area contributed by atoms with Crippen LogP contribution in [0.25, 0.3) is 0 Å². The fourth-order valence-electron chi connectivity index (χ4n) is 3.83. The Bertz CT molecular complexity index is 1070. The highest BCUT2D eigenvalue weighted by Gasteiger charge is 2.32. The number of nitrogens with zero attached hydrogens (tertiary/aromatic N) is 3. The van der Waals surface area contributed by atoms with Crippen molar-refractivity contribution in [2.75, 3.05) is 23.7 Å². The van der Waals surface area contributed by atoms with Gasteiger partial charge in [-0.15, -0.1) is 11.3 Å². The number of amidine groups is 1. The third-order valence-electron chi connectivity index (χ3n) is 5.61. The van der Waals surface area contributed by atoms with Crippen molar-refractivity contribution in [2.45, 2.75) is 51.2 Å². The van der Waals surface area contributed by atoms with Gasteiger partial charge in [0.1, 0.15) is 5.25 Å². The van der Waals surface area contributed by atoms with Crippen LogP contribution in [0.15, 0.2) is 29.3 Å². The van der Waals surface area contributed by atoms with Crippen molar-refractivity contribution in [3.8, 4) is 0 Å². The molecule has 0 fully saturated rings. The molecule has 0 saturated carbocycles. The second kappa shape index (κ2) is 10.5. The van der Waals surface area contributed by atoms with Crippen LogP contribution in [-0.4, -0.2) is 51.1 Å². The Labute approximate surface area is 201 Å². The maximum atomic E-state index is 12.7. The maximum Gasteiger partial charge on any atom is 0.262 e. The lowest BCUT2D eigenvalue weighted by Gasteiger charge is -2.19.